The van der Waals surface area contributed by atoms with E-state index in [2.05, 4.69) is 0 Å². The van der Waals surface area contributed by atoms with Crippen LogP contribution in [-0.4, -0.2) is 48.4 Å². The minimum Gasteiger partial charge on any atom is -0.455 e. The maximum Gasteiger partial charge on any atom is 0.311 e. The fraction of sp³-hybridized carbons (Fsp3) is 0.435. The zero-order valence-corrected chi connectivity index (χ0v) is 16.7. The minimum atomic E-state index is -0.548. The van der Waals surface area contributed by atoms with Crippen LogP contribution in [0.15, 0.2) is 42.5 Å². The number of carbonyl (C=O) groups is 3. The molecule has 0 spiro atoms. The molecular weight excluding hydrogens is 368 g/mol. The molecule has 2 fully saturated rings. The Morgan fingerprint density at radius 3 is 2.72 bits per heavy atom. The highest BCUT2D eigenvalue weighted by molar-refractivity contribution is 6.06. The monoisotopic (exact) mass is 394 g/mol. The van der Waals surface area contributed by atoms with Crippen molar-refractivity contribution in [2.45, 2.75) is 38.6 Å². The van der Waals surface area contributed by atoms with Gasteiger partial charge in [0.25, 0.3) is 5.91 Å². The number of benzene rings is 2. The number of esters is 1. The number of rotatable bonds is 4. The molecule has 6 heteroatoms. The van der Waals surface area contributed by atoms with E-state index >= 15 is 0 Å². The zero-order valence-electron chi connectivity index (χ0n) is 16.7. The lowest BCUT2D eigenvalue weighted by atomic mass is 10.0. The van der Waals surface area contributed by atoms with Gasteiger partial charge in [-0.2, -0.15) is 0 Å². The molecule has 29 heavy (non-hydrogen) atoms. The van der Waals surface area contributed by atoms with Crippen LogP contribution in [0.1, 0.15) is 32.6 Å². The van der Waals surface area contributed by atoms with Gasteiger partial charge in [0.05, 0.1) is 11.6 Å². The lowest BCUT2D eigenvalue weighted by Crippen LogP contribution is -2.44. The molecule has 0 N–H and O–H groups in total. The van der Waals surface area contributed by atoms with Crippen LogP contribution in [0.4, 0.5) is 5.69 Å². The van der Waals surface area contributed by atoms with E-state index in [1.165, 1.54) is 0 Å². The van der Waals surface area contributed by atoms with Gasteiger partial charge in [0, 0.05) is 30.9 Å². The first-order valence-electron chi connectivity index (χ1n) is 10.3. The summed E-state index contributed by atoms with van der Waals surface area (Å²) in [5.41, 5.74) is 0.807. The fourth-order valence-electron chi connectivity index (χ4n) is 4.34. The number of piperidine rings is 1. The summed E-state index contributed by atoms with van der Waals surface area (Å²) in [6, 6.07) is 13.9. The van der Waals surface area contributed by atoms with Gasteiger partial charge >= 0.3 is 5.97 Å². The molecule has 2 aromatic carbocycles. The molecule has 152 valence electrons. The Labute approximate surface area is 170 Å². The summed E-state index contributed by atoms with van der Waals surface area (Å²) in [6.07, 6.45) is 3.20. The van der Waals surface area contributed by atoms with Crippen molar-refractivity contribution in [3.05, 3.63) is 42.5 Å². The van der Waals surface area contributed by atoms with Gasteiger partial charge < -0.3 is 14.5 Å². The van der Waals surface area contributed by atoms with Gasteiger partial charge in [0.2, 0.25) is 5.91 Å². The Bertz CT molecular complexity index is 936. The molecule has 0 radical (unpaired) electrons. The number of likely N-dealkylation sites (tertiary alicyclic amines) is 1. The number of hydrogen-bond donors (Lipinski definition) is 0. The molecule has 2 aliphatic heterocycles. The van der Waals surface area contributed by atoms with Crippen molar-refractivity contribution in [1.29, 1.82) is 0 Å². The summed E-state index contributed by atoms with van der Waals surface area (Å²) in [7, 11) is 0. The van der Waals surface area contributed by atoms with Gasteiger partial charge in [0.1, 0.15) is 0 Å². The van der Waals surface area contributed by atoms with Crippen molar-refractivity contribution in [3.63, 3.8) is 0 Å². The van der Waals surface area contributed by atoms with Gasteiger partial charge in [-0.1, -0.05) is 36.4 Å². The van der Waals surface area contributed by atoms with E-state index in [0.29, 0.717) is 6.54 Å². The molecule has 2 saturated heterocycles. The Balaban J connectivity index is 1.40. The number of amides is 2. The lowest BCUT2D eigenvalue weighted by molar-refractivity contribution is -0.156. The molecule has 4 rings (SSSR count). The van der Waals surface area contributed by atoms with Crippen molar-refractivity contribution in [2.24, 2.45) is 5.92 Å². The van der Waals surface area contributed by atoms with E-state index in [1.807, 2.05) is 49.4 Å². The van der Waals surface area contributed by atoms with Gasteiger partial charge in [-0.3, -0.25) is 14.4 Å². The predicted molar refractivity (Wildman–Crippen MR) is 110 cm³/mol. The van der Waals surface area contributed by atoms with Crippen LogP contribution in [0.3, 0.4) is 0 Å². The lowest BCUT2D eigenvalue weighted by Gasteiger charge is -2.33. The first-order chi connectivity index (χ1) is 14.0. The largest absolute Gasteiger partial charge is 0.455 e. The normalized spacial score (nSPS) is 22.2. The molecule has 0 bridgehead atoms. The minimum absolute atomic E-state index is 0.0979. The molecule has 2 atom stereocenters. The Morgan fingerprint density at radius 2 is 1.90 bits per heavy atom. The molecule has 0 saturated carbocycles. The average molecular weight is 394 g/mol. The molecule has 2 amide bonds. The summed E-state index contributed by atoms with van der Waals surface area (Å²) in [6.45, 7) is 2.77. The predicted octanol–water partition coefficient (Wildman–Crippen LogP) is 3.14. The molecule has 0 aliphatic carbocycles. The number of anilines is 1. The SMILES string of the molecule is CC1CCCCN1C(=O)COC(=O)C1CC(=O)N(c2cccc3ccccc23)C1. The third kappa shape index (κ3) is 3.97. The zero-order chi connectivity index (χ0) is 20.4. The Hall–Kier alpha value is -2.89. The maximum atomic E-state index is 12.6. The van der Waals surface area contributed by atoms with Crippen LogP contribution < -0.4 is 4.90 Å². The van der Waals surface area contributed by atoms with Crippen molar-refractivity contribution in [3.8, 4) is 0 Å². The van der Waals surface area contributed by atoms with Gasteiger partial charge in [-0.05, 0) is 37.6 Å². The highest BCUT2D eigenvalue weighted by atomic mass is 16.5. The summed E-state index contributed by atoms with van der Waals surface area (Å²) in [5.74, 6) is -1.27. The summed E-state index contributed by atoms with van der Waals surface area (Å²) >= 11 is 0. The molecule has 2 aliphatic rings. The molecular formula is C23H26N2O4. The van der Waals surface area contributed by atoms with Gasteiger partial charge in [0.15, 0.2) is 6.61 Å². The molecule has 0 aromatic heterocycles. The quantitative estimate of drug-likeness (QED) is 0.748. The molecule has 2 aromatic rings. The Morgan fingerprint density at radius 1 is 1.10 bits per heavy atom. The summed E-state index contributed by atoms with van der Waals surface area (Å²) in [5, 5.41) is 2.02. The Kier molecular flexibility index (Phi) is 5.51. The van der Waals surface area contributed by atoms with Crippen molar-refractivity contribution in [2.75, 3.05) is 24.6 Å². The third-order valence-corrected chi connectivity index (χ3v) is 5.98. The number of hydrogen-bond acceptors (Lipinski definition) is 4. The van der Waals surface area contributed by atoms with E-state index < -0.39 is 11.9 Å². The summed E-state index contributed by atoms with van der Waals surface area (Å²) < 4.78 is 5.30. The van der Waals surface area contributed by atoms with Crippen LogP contribution in [0.2, 0.25) is 0 Å². The van der Waals surface area contributed by atoms with Gasteiger partial charge in [-0.25, -0.2) is 0 Å². The van der Waals surface area contributed by atoms with Crippen LogP contribution >= 0.6 is 0 Å². The van der Waals surface area contributed by atoms with Crippen molar-refractivity contribution in [1.82, 2.24) is 4.90 Å². The first kappa shape index (κ1) is 19.4. The van der Waals surface area contributed by atoms with E-state index in [0.717, 1.165) is 35.7 Å². The standard InChI is InChI=1S/C23H26N2O4/c1-16-7-4-5-12-24(16)22(27)15-29-23(28)18-13-21(26)25(14-18)20-11-6-9-17-8-2-3-10-19(17)20/h2-3,6,8-11,16,18H,4-5,7,12-15H2,1H3. The van der Waals surface area contributed by atoms with Crippen LogP contribution in [0, 0.1) is 5.92 Å². The van der Waals surface area contributed by atoms with E-state index in [-0.39, 0.29) is 37.4 Å². The number of carbonyl (C=O) groups excluding carboxylic acids is 3. The van der Waals surface area contributed by atoms with E-state index in [1.54, 1.807) is 9.80 Å². The van der Waals surface area contributed by atoms with Crippen LogP contribution in [-0.2, 0) is 19.1 Å². The maximum absolute atomic E-state index is 12.6. The van der Waals surface area contributed by atoms with Gasteiger partial charge in [-0.15, -0.1) is 0 Å². The first-order valence-corrected chi connectivity index (χ1v) is 10.3. The van der Waals surface area contributed by atoms with Crippen LogP contribution in [0.5, 0.6) is 0 Å². The second-order valence-corrected chi connectivity index (χ2v) is 7.94. The smallest absolute Gasteiger partial charge is 0.311 e. The summed E-state index contributed by atoms with van der Waals surface area (Å²) in [4.78, 5) is 41.0. The molecule has 6 nitrogen and oxygen atoms in total. The topological polar surface area (TPSA) is 66.9 Å². The van der Waals surface area contributed by atoms with E-state index in [9.17, 15) is 14.4 Å². The highest BCUT2D eigenvalue weighted by Crippen LogP contribution is 2.32. The van der Waals surface area contributed by atoms with E-state index in [4.69, 9.17) is 4.74 Å². The number of ether oxygens (including phenoxy) is 1. The third-order valence-electron chi connectivity index (χ3n) is 5.98. The van der Waals surface area contributed by atoms with Crippen LogP contribution in [0.25, 0.3) is 10.8 Å². The highest BCUT2D eigenvalue weighted by Gasteiger charge is 2.37. The van der Waals surface area contributed by atoms with Crippen molar-refractivity contribution < 1.29 is 19.1 Å². The number of fused-ring (bicyclic) bond motifs is 1. The number of nitrogens with zero attached hydrogens (tertiary/aromatic N) is 2. The molecule has 2 heterocycles. The average Bonchev–Trinajstić information content (AvgIpc) is 3.13. The second-order valence-electron chi connectivity index (χ2n) is 7.94. The molecule has 2 unspecified atom stereocenters. The van der Waals surface area contributed by atoms with Crippen molar-refractivity contribution >= 4 is 34.2 Å². The fourth-order valence-corrected chi connectivity index (χ4v) is 4.34. The second kappa shape index (κ2) is 8.23.